The van der Waals surface area contributed by atoms with Crippen LogP contribution in [0.2, 0.25) is 0 Å². The molecule has 2 N–H and O–H groups in total. The summed E-state index contributed by atoms with van der Waals surface area (Å²) in [5, 5.41) is 17.6. The Labute approximate surface area is 97.9 Å². The van der Waals surface area contributed by atoms with Gasteiger partial charge in [0.05, 0.1) is 0 Å². The van der Waals surface area contributed by atoms with Crippen molar-refractivity contribution in [1.29, 1.82) is 0 Å². The average Bonchev–Trinajstić information content (AvgIpc) is 2.25. The Morgan fingerprint density at radius 1 is 1.12 bits per heavy atom. The van der Waals surface area contributed by atoms with Crippen LogP contribution in [0.15, 0.2) is 0 Å². The Hall–Kier alpha value is -1.01. The summed E-state index contributed by atoms with van der Waals surface area (Å²) in [6.45, 7) is 2.19. The van der Waals surface area contributed by atoms with E-state index in [2.05, 4.69) is 12.8 Å². The van der Waals surface area contributed by atoms with Crippen LogP contribution in [-0.4, -0.2) is 22.3 Å². The first-order valence-corrected chi connectivity index (χ1v) is 6.09. The monoisotopic (exact) mass is 226 g/mol. The molecule has 0 spiro atoms. The third kappa shape index (κ3) is 11.1. The summed E-state index contributed by atoms with van der Waals surface area (Å²) < 4.78 is 0. The summed E-state index contributed by atoms with van der Waals surface area (Å²) >= 11 is 0. The van der Waals surface area contributed by atoms with Crippen LogP contribution in [0.1, 0.15) is 58.3 Å². The first-order chi connectivity index (χ1) is 7.66. The van der Waals surface area contributed by atoms with E-state index in [0.717, 1.165) is 12.8 Å². The molecule has 3 heteroatoms. The first kappa shape index (κ1) is 15.0. The maximum absolute atomic E-state index is 10.1. The van der Waals surface area contributed by atoms with Gasteiger partial charge in [-0.15, -0.1) is 0 Å². The van der Waals surface area contributed by atoms with Gasteiger partial charge in [-0.3, -0.25) is 0 Å². The molecule has 0 aliphatic rings. The molecule has 0 aromatic carbocycles. The minimum atomic E-state index is -1.18. The number of aliphatic hydroxyl groups is 1. The quantitative estimate of drug-likeness (QED) is 0.494. The molecule has 0 aromatic heterocycles. The van der Waals surface area contributed by atoms with Crippen LogP contribution in [-0.2, 0) is 4.79 Å². The number of hydrogen-bond donors (Lipinski definition) is 2. The Balaban J connectivity index is 3.32. The zero-order chi connectivity index (χ0) is 12.2. The van der Waals surface area contributed by atoms with Crippen molar-refractivity contribution in [3.8, 4) is 11.8 Å². The number of hydrogen-bond acceptors (Lipinski definition) is 2. The van der Waals surface area contributed by atoms with Crippen molar-refractivity contribution in [3.05, 3.63) is 0 Å². The van der Waals surface area contributed by atoms with Gasteiger partial charge in [0.1, 0.15) is 6.10 Å². The lowest BCUT2D eigenvalue weighted by Crippen LogP contribution is -2.03. The summed E-state index contributed by atoms with van der Waals surface area (Å²) in [6.07, 6.45) is 8.09. The van der Waals surface area contributed by atoms with Gasteiger partial charge >= 0.3 is 5.97 Å². The van der Waals surface area contributed by atoms with Gasteiger partial charge < -0.3 is 10.2 Å². The highest BCUT2D eigenvalue weighted by Gasteiger charge is 1.99. The lowest BCUT2D eigenvalue weighted by Gasteiger charge is -2.03. The predicted octanol–water partition coefficient (Wildman–Crippen LogP) is 2.58. The smallest absolute Gasteiger partial charge is 0.381 e. The average molecular weight is 226 g/mol. The van der Waals surface area contributed by atoms with Crippen molar-refractivity contribution in [2.24, 2.45) is 0 Å². The number of aliphatic carboxylic acids is 1. The SMILES string of the molecule is CCCCCCCCCC(O)C#CC(=O)O. The molecule has 0 aromatic rings. The van der Waals surface area contributed by atoms with Crippen molar-refractivity contribution in [2.75, 3.05) is 0 Å². The fourth-order valence-electron chi connectivity index (χ4n) is 1.51. The van der Waals surface area contributed by atoms with Gasteiger partial charge in [0.2, 0.25) is 0 Å². The van der Waals surface area contributed by atoms with Gasteiger partial charge in [-0.05, 0) is 12.8 Å². The molecule has 3 nitrogen and oxygen atoms in total. The fraction of sp³-hybridized carbons (Fsp3) is 0.769. The normalized spacial score (nSPS) is 11.6. The molecule has 0 rings (SSSR count). The molecule has 0 amide bonds. The zero-order valence-electron chi connectivity index (χ0n) is 10.0. The maximum atomic E-state index is 10.1. The lowest BCUT2D eigenvalue weighted by atomic mass is 10.1. The van der Waals surface area contributed by atoms with Crippen LogP contribution >= 0.6 is 0 Å². The molecule has 0 bridgehead atoms. The van der Waals surface area contributed by atoms with Gasteiger partial charge in [-0.1, -0.05) is 51.4 Å². The largest absolute Gasteiger partial charge is 0.472 e. The molecule has 0 saturated carbocycles. The van der Waals surface area contributed by atoms with Gasteiger partial charge in [0, 0.05) is 5.92 Å². The van der Waals surface area contributed by atoms with Gasteiger partial charge in [-0.25, -0.2) is 4.79 Å². The van der Waals surface area contributed by atoms with Gasteiger partial charge in [0.25, 0.3) is 0 Å². The van der Waals surface area contributed by atoms with E-state index in [1.54, 1.807) is 0 Å². The topological polar surface area (TPSA) is 57.5 Å². The molecule has 92 valence electrons. The lowest BCUT2D eigenvalue weighted by molar-refractivity contribution is -0.130. The van der Waals surface area contributed by atoms with E-state index in [4.69, 9.17) is 5.11 Å². The van der Waals surface area contributed by atoms with Crippen LogP contribution < -0.4 is 0 Å². The molecule has 1 atom stereocenters. The standard InChI is InChI=1S/C13H22O3/c1-2-3-4-5-6-7-8-9-12(14)10-11-13(15)16/h12,14H,2-9H2,1H3,(H,15,16). The molecule has 0 fully saturated rings. The van der Waals surface area contributed by atoms with Crippen molar-refractivity contribution >= 4 is 5.97 Å². The Morgan fingerprint density at radius 2 is 1.69 bits per heavy atom. The highest BCUT2D eigenvalue weighted by atomic mass is 16.4. The summed E-state index contributed by atoms with van der Waals surface area (Å²) in [7, 11) is 0. The van der Waals surface area contributed by atoms with E-state index in [0.29, 0.717) is 6.42 Å². The molecule has 0 aliphatic heterocycles. The van der Waals surface area contributed by atoms with E-state index in [1.807, 2.05) is 5.92 Å². The summed E-state index contributed by atoms with van der Waals surface area (Å²) in [5.74, 6) is 3.05. The molecule has 16 heavy (non-hydrogen) atoms. The van der Waals surface area contributed by atoms with E-state index in [1.165, 1.54) is 32.1 Å². The summed E-state index contributed by atoms with van der Waals surface area (Å²) in [6, 6.07) is 0. The Morgan fingerprint density at radius 3 is 2.25 bits per heavy atom. The first-order valence-electron chi connectivity index (χ1n) is 6.09. The Bertz CT molecular complexity index is 237. The maximum Gasteiger partial charge on any atom is 0.381 e. The van der Waals surface area contributed by atoms with Crippen LogP contribution in [0, 0.1) is 11.8 Å². The Kier molecular flexibility index (Phi) is 9.84. The minimum Gasteiger partial charge on any atom is -0.472 e. The third-order valence-electron chi connectivity index (χ3n) is 2.43. The zero-order valence-corrected chi connectivity index (χ0v) is 10.0. The fourth-order valence-corrected chi connectivity index (χ4v) is 1.51. The summed E-state index contributed by atoms with van der Waals surface area (Å²) in [5.41, 5.74) is 0. The molecule has 0 saturated heterocycles. The van der Waals surface area contributed by atoms with Crippen molar-refractivity contribution in [3.63, 3.8) is 0 Å². The van der Waals surface area contributed by atoms with Crippen molar-refractivity contribution < 1.29 is 15.0 Å². The van der Waals surface area contributed by atoms with Crippen molar-refractivity contribution in [2.45, 2.75) is 64.4 Å². The highest BCUT2D eigenvalue weighted by Crippen LogP contribution is 2.09. The predicted molar refractivity (Wildman–Crippen MR) is 64.0 cm³/mol. The second-order valence-electron chi connectivity index (χ2n) is 4.00. The van der Waals surface area contributed by atoms with Gasteiger partial charge in [-0.2, -0.15) is 0 Å². The molecular weight excluding hydrogens is 204 g/mol. The van der Waals surface area contributed by atoms with E-state index in [-0.39, 0.29) is 0 Å². The van der Waals surface area contributed by atoms with Crippen LogP contribution in [0.5, 0.6) is 0 Å². The summed E-state index contributed by atoms with van der Waals surface area (Å²) in [4.78, 5) is 10.1. The number of carboxylic acid groups (broad SMARTS) is 1. The second-order valence-corrected chi connectivity index (χ2v) is 4.00. The van der Waals surface area contributed by atoms with Crippen LogP contribution in [0.25, 0.3) is 0 Å². The van der Waals surface area contributed by atoms with E-state index >= 15 is 0 Å². The molecular formula is C13H22O3. The highest BCUT2D eigenvalue weighted by molar-refractivity contribution is 5.86. The minimum absolute atomic E-state index is 0.577. The number of carbonyl (C=O) groups is 1. The van der Waals surface area contributed by atoms with Gasteiger partial charge in [0.15, 0.2) is 0 Å². The van der Waals surface area contributed by atoms with Crippen molar-refractivity contribution in [1.82, 2.24) is 0 Å². The third-order valence-corrected chi connectivity index (χ3v) is 2.43. The molecule has 0 aliphatic carbocycles. The van der Waals surface area contributed by atoms with E-state index < -0.39 is 12.1 Å². The number of carboxylic acids is 1. The molecule has 0 radical (unpaired) electrons. The van der Waals surface area contributed by atoms with Crippen LogP contribution in [0.3, 0.4) is 0 Å². The molecule has 0 heterocycles. The molecule has 1 unspecified atom stereocenters. The number of aliphatic hydroxyl groups excluding tert-OH is 1. The second kappa shape index (κ2) is 10.5. The van der Waals surface area contributed by atoms with Crippen LogP contribution in [0.4, 0.5) is 0 Å². The van der Waals surface area contributed by atoms with E-state index in [9.17, 15) is 9.90 Å². The number of rotatable bonds is 8. The number of unbranched alkanes of at least 4 members (excludes halogenated alkanes) is 6.